The number of cyclic esters (lactones) is 1. The van der Waals surface area contributed by atoms with Crippen molar-refractivity contribution in [2.45, 2.75) is 13.1 Å². The van der Waals surface area contributed by atoms with Crippen LogP contribution in [0, 0.1) is 18.8 Å². The number of carbonyl (C=O) groups is 3. The first kappa shape index (κ1) is 24.3. The summed E-state index contributed by atoms with van der Waals surface area (Å²) in [5.41, 5.74) is 5.11. The average Bonchev–Trinajstić information content (AvgIpc) is 3.47. The fraction of sp³-hybridized carbons (Fsp3) is 0.167. The zero-order valence-corrected chi connectivity index (χ0v) is 18.6. The van der Waals surface area contributed by atoms with Gasteiger partial charge >= 0.3 is 18.2 Å². The Balaban J connectivity index is 1.61. The van der Waals surface area contributed by atoms with E-state index >= 15 is 0 Å². The molecule has 1 fully saturated rings. The summed E-state index contributed by atoms with van der Waals surface area (Å²) in [4.78, 5) is 40.5. The highest BCUT2D eigenvalue weighted by molar-refractivity contribution is 6.05. The summed E-state index contributed by atoms with van der Waals surface area (Å²) >= 11 is 0. The number of benzene rings is 2. The molecule has 0 bridgehead atoms. The van der Waals surface area contributed by atoms with Gasteiger partial charge in [-0.15, -0.1) is 0 Å². The molecule has 2 aromatic carbocycles. The molecule has 0 radical (unpaired) electrons. The molecule has 0 spiro atoms. The van der Waals surface area contributed by atoms with E-state index in [1.807, 2.05) is 0 Å². The van der Waals surface area contributed by atoms with Crippen LogP contribution in [0.25, 0.3) is 0 Å². The van der Waals surface area contributed by atoms with Crippen molar-refractivity contribution in [1.29, 1.82) is 0 Å². The third kappa shape index (κ3) is 5.30. The molecule has 0 aliphatic carbocycles. The quantitative estimate of drug-likeness (QED) is 0.528. The van der Waals surface area contributed by atoms with Crippen LogP contribution < -0.4 is 16.0 Å². The molecule has 0 atom stereocenters. The van der Waals surface area contributed by atoms with Gasteiger partial charge in [-0.2, -0.15) is 13.2 Å². The summed E-state index contributed by atoms with van der Waals surface area (Å²) < 4.78 is 50.3. The summed E-state index contributed by atoms with van der Waals surface area (Å²) in [5.74, 6) is 3.70. The Hall–Kier alpha value is -4.79. The van der Waals surface area contributed by atoms with Crippen molar-refractivity contribution < 1.29 is 36.7 Å². The number of aryl methyl sites for hydroxylation is 1. The standard InChI is InChI=1S/C24H17F3N4O5/c1-13-2-3-15(8-14(13)4-5-19-12-29-22(36-19)20(28)32)21(33)30-17-9-16(24(25,26)27)10-18(11-17)31-6-7-35-23(31)34/h2-3,8-12H,6-7H2,1H3,(H2,28,32)(H,30,33). The van der Waals surface area contributed by atoms with Crippen LogP contribution in [0.1, 0.15) is 43.5 Å². The molecule has 1 aromatic heterocycles. The second kappa shape index (κ2) is 9.46. The van der Waals surface area contributed by atoms with Gasteiger partial charge in [-0.25, -0.2) is 9.78 Å². The lowest BCUT2D eigenvalue weighted by Gasteiger charge is -2.18. The summed E-state index contributed by atoms with van der Waals surface area (Å²) in [6, 6.07) is 7.41. The van der Waals surface area contributed by atoms with Crippen molar-refractivity contribution in [2.24, 2.45) is 5.73 Å². The Labute approximate surface area is 202 Å². The predicted molar refractivity (Wildman–Crippen MR) is 120 cm³/mol. The fourth-order valence-electron chi connectivity index (χ4n) is 3.31. The minimum absolute atomic E-state index is 0.0435. The molecule has 12 heteroatoms. The predicted octanol–water partition coefficient (Wildman–Crippen LogP) is 3.71. The molecule has 184 valence electrons. The van der Waals surface area contributed by atoms with Gasteiger partial charge in [-0.05, 0) is 48.7 Å². The maximum atomic E-state index is 13.5. The summed E-state index contributed by atoms with van der Waals surface area (Å²) in [5, 5.41) is 2.44. The monoisotopic (exact) mass is 498 g/mol. The molecule has 1 saturated heterocycles. The largest absolute Gasteiger partial charge is 0.447 e. The van der Waals surface area contributed by atoms with Crippen molar-refractivity contribution in [3.8, 4) is 11.8 Å². The van der Waals surface area contributed by atoms with Crippen molar-refractivity contribution in [3.05, 3.63) is 76.5 Å². The Morgan fingerprint density at radius 2 is 1.94 bits per heavy atom. The highest BCUT2D eigenvalue weighted by atomic mass is 19.4. The van der Waals surface area contributed by atoms with Crippen LogP contribution in [0.4, 0.5) is 29.3 Å². The number of rotatable bonds is 4. The SMILES string of the molecule is Cc1ccc(C(=O)Nc2cc(N3CCOC3=O)cc(C(F)(F)F)c2)cc1C#Cc1cnc(C(N)=O)o1. The van der Waals surface area contributed by atoms with Crippen molar-refractivity contribution in [2.75, 3.05) is 23.4 Å². The summed E-state index contributed by atoms with van der Waals surface area (Å²) in [6.07, 6.45) is -4.26. The number of hydrogen-bond donors (Lipinski definition) is 2. The number of amides is 3. The van der Waals surface area contributed by atoms with Crippen LogP contribution in [0.15, 0.2) is 47.0 Å². The van der Waals surface area contributed by atoms with E-state index in [-0.39, 0.29) is 41.7 Å². The number of carbonyl (C=O) groups excluding carboxylic acids is 3. The lowest BCUT2D eigenvalue weighted by atomic mass is 10.0. The first-order valence-corrected chi connectivity index (χ1v) is 10.4. The maximum Gasteiger partial charge on any atom is 0.416 e. The van der Waals surface area contributed by atoms with Gasteiger partial charge in [0.1, 0.15) is 6.61 Å². The minimum atomic E-state index is -4.71. The Morgan fingerprint density at radius 3 is 2.58 bits per heavy atom. The maximum absolute atomic E-state index is 13.5. The summed E-state index contributed by atoms with van der Waals surface area (Å²) in [7, 11) is 0. The van der Waals surface area contributed by atoms with Gasteiger partial charge < -0.3 is 20.2 Å². The summed E-state index contributed by atoms with van der Waals surface area (Å²) in [6.45, 7) is 1.87. The molecule has 0 saturated carbocycles. The molecule has 1 aliphatic rings. The number of hydrogen-bond acceptors (Lipinski definition) is 6. The third-order valence-corrected chi connectivity index (χ3v) is 5.11. The van der Waals surface area contributed by atoms with E-state index in [1.165, 1.54) is 24.4 Å². The minimum Gasteiger partial charge on any atom is -0.447 e. The number of alkyl halides is 3. The zero-order chi connectivity index (χ0) is 26.0. The van der Waals surface area contributed by atoms with Gasteiger partial charge in [0.2, 0.25) is 0 Å². The van der Waals surface area contributed by atoms with Gasteiger partial charge in [0.05, 0.1) is 18.3 Å². The highest BCUT2D eigenvalue weighted by Gasteiger charge is 2.33. The molecular formula is C24H17F3N4O5. The van der Waals surface area contributed by atoms with Crippen LogP contribution in [0.3, 0.4) is 0 Å². The normalized spacial score (nSPS) is 13.1. The van der Waals surface area contributed by atoms with Gasteiger partial charge in [-0.1, -0.05) is 12.0 Å². The Morgan fingerprint density at radius 1 is 1.17 bits per heavy atom. The van der Waals surface area contributed by atoms with Crippen molar-refractivity contribution in [3.63, 3.8) is 0 Å². The molecule has 9 nitrogen and oxygen atoms in total. The molecule has 3 aromatic rings. The van der Waals surface area contributed by atoms with Crippen molar-refractivity contribution >= 4 is 29.3 Å². The van der Waals surface area contributed by atoms with E-state index in [4.69, 9.17) is 14.9 Å². The molecule has 4 rings (SSSR count). The van der Waals surface area contributed by atoms with Crippen LogP contribution in [0.2, 0.25) is 0 Å². The second-order valence-electron chi connectivity index (χ2n) is 7.66. The first-order valence-electron chi connectivity index (χ1n) is 10.4. The molecule has 2 heterocycles. The lowest BCUT2D eigenvalue weighted by molar-refractivity contribution is -0.137. The number of nitrogens with two attached hydrogens (primary N) is 1. The Bertz CT molecular complexity index is 1440. The molecule has 3 N–H and O–H groups in total. The van der Waals surface area contributed by atoms with E-state index in [2.05, 4.69) is 22.1 Å². The Kier molecular flexibility index (Phi) is 6.39. The number of aromatic nitrogens is 1. The second-order valence-corrected chi connectivity index (χ2v) is 7.66. The molecule has 3 amide bonds. The first-order chi connectivity index (χ1) is 17.0. The van der Waals surface area contributed by atoms with Crippen LogP contribution in [-0.2, 0) is 10.9 Å². The van der Waals surface area contributed by atoms with Gasteiger partial charge in [0.15, 0.2) is 5.76 Å². The molecule has 0 unspecified atom stereocenters. The molecular weight excluding hydrogens is 481 g/mol. The zero-order valence-electron chi connectivity index (χ0n) is 18.6. The number of primary amides is 1. The number of nitrogens with zero attached hydrogens (tertiary/aromatic N) is 2. The average molecular weight is 498 g/mol. The number of nitrogens with one attached hydrogen (secondary N) is 1. The lowest BCUT2D eigenvalue weighted by Crippen LogP contribution is -2.24. The van der Waals surface area contributed by atoms with Crippen LogP contribution in [0.5, 0.6) is 0 Å². The van der Waals surface area contributed by atoms with E-state index in [1.54, 1.807) is 13.0 Å². The van der Waals surface area contributed by atoms with Crippen LogP contribution in [-0.4, -0.2) is 36.0 Å². The molecule has 36 heavy (non-hydrogen) atoms. The van der Waals surface area contributed by atoms with Crippen molar-refractivity contribution in [1.82, 2.24) is 4.98 Å². The molecule has 1 aliphatic heterocycles. The third-order valence-electron chi connectivity index (χ3n) is 5.11. The number of halogens is 3. The van der Waals surface area contributed by atoms with Gasteiger partial charge in [0.25, 0.3) is 11.8 Å². The topological polar surface area (TPSA) is 128 Å². The number of anilines is 2. The highest BCUT2D eigenvalue weighted by Crippen LogP contribution is 2.35. The van der Waals surface area contributed by atoms with E-state index in [9.17, 15) is 27.6 Å². The number of oxazole rings is 1. The van der Waals surface area contributed by atoms with E-state index in [0.717, 1.165) is 17.0 Å². The van der Waals surface area contributed by atoms with E-state index in [0.29, 0.717) is 11.1 Å². The van der Waals surface area contributed by atoms with Gasteiger partial charge in [-0.3, -0.25) is 14.5 Å². The van der Waals surface area contributed by atoms with E-state index < -0.39 is 29.6 Å². The fourth-order valence-corrected chi connectivity index (χ4v) is 3.31. The van der Waals surface area contributed by atoms with Crippen LogP contribution >= 0.6 is 0 Å². The van der Waals surface area contributed by atoms with Gasteiger partial charge in [0, 0.05) is 22.5 Å². The number of ether oxygens (including phenoxy) is 1. The smallest absolute Gasteiger partial charge is 0.416 e.